The average molecular weight is 268 g/mol. The summed E-state index contributed by atoms with van der Waals surface area (Å²) in [5, 5.41) is 11.3. The van der Waals surface area contributed by atoms with Gasteiger partial charge in [-0.25, -0.2) is 4.79 Å². The maximum atomic E-state index is 11.2. The lowest BCUT2D eigenvalue weighted by molar-refractivity contribution is -0.121. The molecule has 0 aliphatic carbocycles. The molecule has 3 amide bonds. The van der Waals surface area contributed by atoms with Gasteiger partial charge in [-0.1, -0.05) is 6.07 Å². The second-order valence-corrected chi connectivity index (χ2v) is 3.79. The van der Waals surface area contributed by atoms with Crippen molar-refractivity contribution in [2.75, 3.05) is 13.7 Å². The van der Waals surface area contributed by atoms with Crippen LogP contribution in [-0.2, 0) is 4.79 Å². The minimum Gasteiger partial charge on any atom is -0.493 e. The minimum absolute atomic E-state index is 0.325. The smallest absolute Gasteiger partial charge is 0.318 e. The highest BCUT2D eigenvalue weighted by molar-refractivity contribution is 5.94. The number of carbonyl (C=O) groups excluding carboxylic acids is 2. The predicted octanol–water partition coefficient (Wildman–Crippen LogP) is 0.322. The molecule has 0 aromatic heterocycles. The largest absolute Gasteiger partial charge is 0.493 e. The molecule has 0 radical (unpaired) electrons. The van der Waals surface area contributed by atoms with Crippen molar-refractivity contribution < 1.29 is 24.2 Å². The molecule has 0 aliphatic heterocycles. The quantitative estimate of drug-likeness (QED) is 0.712. The van der Waals surface area contributed by atoms with Gasteiger partial charge < -0.3 is 20.3 Å². The molecule has 0 saturated carbocycles. The molecule has 0 saturated heterocycles. The Kier molecular flexibility index (Phi) is 5.13. The van der Waals surface area contributed by atoms with Gasteiger partial charge >= 0.3 is 6.03 Å². The topological polar surface area (TPSA) is 111 Å². The number of amides is 3. The number of hydrogen-bond acceptors (Lipinski definition) is 5. The Hall–Kier alpha value is -2.28. The number of hydrogen-bond donors (Lipinski definition) is 3. The van der Waals surface area contributed by atoms with Crippen LogP contribution in [0.15, 0.2) is 18.2 Å². The Morgan fingerprint density at radius 2 is 2.11 bits per heavy atom. The van der Waals surface area contributed by atoms with Crippen molar-refractivity contribution in [1.82, 2.24) is 5.32 Å². The van der Waals surface area contributed by atoms with Gasteiger partial charge in [0.2, 0.25) is 0 Å². The van der Waals surface area contributed by atoms with Crippen LogP contribution < -0.4 is 20.5 Å². The van der Waals surface area contributed by atoms with Gasteiger partial charge in [0.05, 0.1) is 13.2 Å². The standard InChI is InChI=1S/C12H16N2O5/c1-7(15)8-3-4-9(10(5-8)18-2)19-6-11(16)14-12(13)17/h3-5,7,15H,6H2,1-2H3,(H3,13,14,16,17). The van der Waals surface area contributed by atoms with E-state index in [0.29, 0.717) is 17.1 Å². The summed E-state index contributed by atoms with van der Waals surface area (Å²) in [6.07, 6.45) is -0.638. The number of carbonyl (C=O) groups is 2. The van der Waals surface area contributed by atoms with Crippen LogP contribution in [0.1, 0.15) is 18.6 Å². The van der Waals surface area contributed by atoms with Crippen molar-refractivity contribution in [3.05, 3.63) is 23.8 Å². The van der Waals surface area contributed by atoms with Crippen molar-refractivity contribution in [3.8, 4) is 11.5 Å². The number of imide groups is 1. The van der Waals surface area contributed by atoms with E-state index in [2.05, 4.69) is 0 Å². The number of urea groups is 1. The molecule has 1 unspecified atom stereocenters. The predicted molar refractivity (Wildman–Crippen MR) is 66.8 cm³/mol. The average Bonchev–Trinajstić information content (AvgIpc) is 2.35. The monoisotopic (exact) mass is 268 g/mol. The van der Waals surface area contributed by atoms with E-state index in [0.717, 1.165) is 0 Å². The molecule has 0 heterocycles. The van der Waals surface area contributed by atoms with Crippen LogP contribution in [0.4, 0.5) is 4.79 Å². The molecule has 7 nitrogen and oxygen atoms in total. The number of rotatable bonds is 5. The van der Waals surface area contributed by atoms with E-state index in [9.17, 15) is 14.7 Å². The van der Waals surface area contributed by atoms with Crippen molar-refractivity contribution in [2.24, 2.45) is 5.73 Å². The summed E-state index contributed by atoms with van der Waals surface area (Å²) < 4.78 is 10.3. The summed E-state index contributed by atoms with van der Waals surface area (Å²) in [5.41, 5.74) is 5.45. The highest BCUT2D eigenvalue weighted by atomic mass is 16.5. The lowest BCUT2D eigenvalue weighted by atomic mass is 10.1. The first kappa shape index (κ1) is 14.8. The SMILES string of the molecule is COc1cc(C(C)O)ccc1OCC(=O)NC(N)=O. The van der Waals surface area contributed by atoms with Crippen LogP contribution in [0, 0.1) is 0 Å². The van der Waals surface area contributed by atoms with Gasteiger partial charge in [-0.15, -0.1) is 0 Å². The van der Waals surface area contributed by atoms with E-state index in [-0.39, 0.29) is 6.61 Å². The van der Waals surface area contributed by atoms with Gasteiger partial charge in [-0.3, -0.25) is 10.1 Å². The number of benzene rings is 1. The maximum Gasteiger partial charge on any atom is 0.318 e. The molecule has 1 aromatic carbocycles. The molecule has 1 aromatic rings. The highest BCUT2D eigenvalue weighted by Gasteiger charge is 2.11. The van der Waals surface area contributed by atoms with Crippen LogP contribution >= 0.6 is 0 Å². The molecular weight excluding hydrogens is 252 g/mol. The molecule has 0 aliphatic rings. The third-order valence-electron chi connectivity index (χ3n) is 2.29. The Morgan fingerprint density at radius 3 is 2.63 bits per heavy atom. The van der Waals surface area contributed by atoms with Crippen LogP contribution in [-0.4, -0.2) is 30.8 Å². The van der Waals surface area contributed by atoms with Gasteiger partial charge in [0, 0.05) is 0 Å². The number of nitrogens with one attached hydrogen (secondary N) is 1. The number of methoxy groups -OCH3 is 1. The van der Waals surface area contributed by atoms with Crippen molar-refractivity contribution in [2.45, 2.75) is 13.0 Å². The van der Waals surface area contributed by atoms with Crippen LogP contribution in [0.25, 0.3) is 0 Å². The van der Waals surface area contributed by atoms with E-state index in [4.69, 9.17) is 15.2 Å². The van der Waals surface area contributed by atoms with Gasteiger partial charge in [-0.05, 0) is 24.6 Å². The Morgan fingerprint density at radius 1 is 1.42 bits per heavy atom. The minimum atomic E-state index is -0.940. The molecule has 104 valence electrons. The molecule has 1 rings (SSSR count). The molecule has 1 atom stereocenters. The Balaban J connectivity index is 2.73. The fraction of sp³-hybridized carbons (Fsp3) is 0.333. The first-order valence-corrected chi connectivity index (χ1v) is 5.52. The zero-order valence-electron chi connectivity index (χ0n) is 10.7. The number of nitrogens with two attached hydrogens (primary N) is 1. The summed E-state index contributed by atoms with van der Waals surface area (Å²) in [7, 11) is 1.44. The van der Waals surface area contributed by atoms with E-state index in [1.165, 1.54) is 7.11 Å². The normalized spacial score (nSPS) is 11.5. The number of aliphatic hydroxyl groups is 1. The first-order chi connectivity index (χ1) is 8.93. The number of primary amides is 1. The van der Waals surface area contributed by atoms with Crippen molar-refractivity contribution in [3.63, 3.8) is 0 Å². The summed E-state index contributed by atoms with van der Waals surface area (Å²) in [6, 6.07) is 3.88. The van der Waals surface area contributed by atoms with Crippen LogP contribution in [0.2, 0.25) is 0 Å². The highest BCUT2D eigenvalue weighted by Crippen LogP contribution is 2.30. The number of aliphatic hydroxyl groups excluding tert-OH is 1. The molecular formula is C12H16N2O5. The lowest BCUT2D eigenvalue weighted by Crippen LogP contribution is -2.38. The zero-order valence-corrected chi connectivity index (χ0v) is 10.7. The second kappa shape index (κ2) is 6.60. The summed E-state index contributed by atoms with van der Waals surface area (Å²) in [5.74, 6) is 0.0472. The van der Waals surface area contributed by atoms with Gasteiger partial charge in [0.15, 0.2) is 18.1 Å². The van der Waals surface area contributed by atoms with E-state index >= 15 is 0 Å². The van der Waals surface area contributed by atoms with E-state index < -0.39 is 18.0 Å². The third-order valence-corrected chi connectivity index (χ3v) is 2.29. The third kappa shape index (κ3) is 4.47. The molecule has 19 heavy (non-hydrogen) atoms. The zero-order chi connectivity index (χ0) is 14.4. The van der Waals surface area contributed by atoms with Crippen molar-refractivity contribution >= 4 is 11.9 Å². The summed E-state index contributed by atoms with van der Waals surface area (Å²) >= 11 is 0. The first-order valence-electron chi connectivity index (χ1n) is 5.52. The fourth-order valence-electron chi connectivity index (χ4n) is 1.38. The molecule has 0 fully saturated rings. The van der Waals surface area contributed by atoms with Crippen molar-refractivity contribution in [1.29, 1.82) is 0 Å². The van der Waals surface area contributed by atoms with Gasteiger partial charge in [-0.2, -0.15) is 0 Å². The summed E-state index contributed by atoms with van der Waals surface area (Å²) in [6.45, 7) is 1.25. The van der Waals surface area contributed by atoms with Gasteiger partial charge in [0.25, 0.3) is 5.91 Å². The number of ether oxygens (including phenoxy) is 2. The Bertz CT molecular complexity index is 473. The molecule has 4 N–H and O–H groups in total. The maximum absolute atomic E-state index is 11.2. The molecule has 0 bridgehead atoms. The van der Waals surface area contributed by atoms with Crippen LogP contribution in [0.3, 0.4) is 0 Å². The van der Waals surface area contributed by atoms with E-state index in [1.807, 2.05) is 5.32 Å². The lowest BCUT2D eigenvalue weighted by Gasteiger charge is -2.12. The molecule has 0 spiro atoms. The van der Waals surface area contributed by atoms with Crippen LogP contribution in [0.5, 0.6) is 11.5 Å². The summed E-state index contributed by atoms with van der Waals surface area (Å²) in [4.78, 5) is 21.6. The molecule has 7 heteroatoms. The Labute approximate surface area is 110 Å². The fourth-order valence-corrected chi connectivity index (χ4v) is 1.38. The van der Waals surface area contributed by atoms with Gasteiger partial charge in [0.1, 0.15) is 0 Å². The van der Waals surface area contributed by atoms with E-state index in [1.54, 1.807) is 25.1 Å². The second-order valence-electron chi connectivity index (χ2n) is 3.79.